The van der Waals surface area contributed by atoms with E-state index >= 15 is 0 Å². The van der Waals surface area contributed by atoms with E-state index < -0.39 is 5.60 Å². The summed E-state index contributed by atoms with van der Waals surface area (Å²) in [6.45, 7) is 7.15. The van der Waals surface area contributed by atoms with Gasteiger partial charge < -0.3 is 15.0 Å². The van der Waals surface area contributed by atoms with Gasteiger partial charge in [-0.15, -0.1) is 0 Å². The van der Waals surface area contributed by atoms with E-state index in [9.17, 15) is 9.59 Å². The molecule has 0 saturated carbocycles. The van der Waals surface area contributed by atoms with E-state index in [4.69, 9.17) is 4.74 Å². The van der Waals surface area contributed by atoms with E-state index in [2.05, 4.69) is 11.4 Å². The number of nitrogens with zero attached hydrogens (tertiary/aromatic N) is 2. The second-order valence-electron chi connectivity index (χ2n) is 8.14. The first kappa shape index (κ1) is 21.0. The number of ether oxygens (including phenoxy) is 1. The number of hydrogen-bond donors (Lipinski definition) is 1. The molecule has 0 radical (unpaired) electrons. The SMILES string of the molecule is CN(C)C/C=C/C(=O)NCC1Cc2ccccc2CN1C(=O)OC(C)(C)C. The number of fused-ring (bicyclic) bond motifs is 1. The normalized spacial score (nSPS) is 17.1. The van der Waals surface area contributed by atoms with Crippen LogP contribution in [0, 0.1) is 0 Å². The van der Waals surface area contributed by atoms with Crippen LogP contribution in [0.25, 0.3) is 0 Å². The van der Waals surface area contributed by atoms with E-state index in [0.29, 0.717) is 26.1 Å². The summed E-state index contributed by atoms with van der Waals surface area (Å²) < 4.78 is 5.58. The molecule has 1 heterocycles. The summed E-state index contributed by atoms with van der Waals surface area (Å²) in [4.78, 5) is 28.5. The zero-order valence-corrected chi connectivity index (χ0v) is 17.0. The van der Waals surface area contributed by atoms with E-state index in [1.54, 1.807) is 4.90 Å². The van der Waals surface area contributed by atoms with Crippen LogP contribution in [0.4, 0.5) is 4.79 Å². The van der Waals surface area contributed by atoms with Gasteiger partial charge in [0.1, 0.15) is 5.60 Å². The van der Waals surface area contributed by atoms with E-state index in [0.717, 1.165) is 5.56 Å². The molecule has 148 valence electrons. The molecular weight excluding hydrogens is 342 g/mol. The topological polar surface area (TPSA) is 61.9 Å². The maximum absolute atomic E-state index is 12.7. The molecular formula is C21H31N3O3. The van der Waals surface area contributed by atoms with Crippen LogP contribution in [0.1, 0.15) is 31.9 Å². The number of rotatable bonds is 5. The summed E-state index contributed by atoms with van der Waals surface area (Å²) in [5, 5.41) is 2.91. The predicted molar refractivity (Wildman–Crippen MR) is 106 cm³/mol. The molecule has 1 aromatic carbocycles. The van der Waals surface area contributed by atoms with Crippen LogP contribution in [0.3, 0.4) is 0 Å². The van der Waals surface area contributed by atoms with Gasteiger partial charge in [-0.3, -0.25) is 9.69 Å². The van der Waals surface area contributed by atoms with Crippen LogP contribution in [0.5, 0.6) is 0 Å². The Morgan fingerprint density at radius 2 is 1.93 bits per heavy atom. The van der Waals surface area contributed by atoms with Crippen LogP contribution in [-0.4, -0.2) is 60.6 Å². The number of nitrogens with one attached hydrogen (secondary N) is 1. The molecule has 0 spiro atoms. The maximum atomic E-state index is 12.7. The van der Waals surface area contributed by atoms with E-state index in [1.807, 2.05) is 64.0 Å². The fourth-order valence-electron chi connectivity index (χ4n) is 2.95. The van der Waals surface area contributed by atoms with Crippen molar-refractivity contribution in [3.8, 4) is 0 Å². The van der Waals surface area contributed by atoms with Crippen LogP contribution in [-0.2, 0) is 22.5 Å². The number of carbonyl (C=O) groups is 2. The summed E-state index contributed by atoms with van der Waals surface area (Å²) >= 11 is 0. The molecule has 2 amide bonds. The van der Waals surface area contributed by atoms with Gasteiger partial charge in [0.2, 0.25) is 5.91 Å². The second kappa shape index (κ2) is 9.04. The summed E-state index contributed by atoms with van der Waals surface area (Å²) in [5.74, 6) is -0.153. The Morgan fingerprint density at radius 1 is 1.26 bits per heavy atom. The molecule has 6 nitrogen and oxygen atoms in total. The Hall–Kier alpha value is -2.34. The van der Waals surface area contributed by atoms with Crippen LogP contribution in [0.2, 0.25) is 0 Å². The van der Waals surface area contributed by atoms with Gasteiger partial charge in [-0.2, -0.15) is 0 Å². The molecule has 0 fully saturated rings. The first-order valence-electron chi connectivity index (χ1n) is 9.31. The van der Waals surface area contributed by atoms with Crippen molar-refractivity contribution < 1.29 is 14.3 Å². The number of hydrogen-bond acceptors (Lipinski definition) is 4. The van der Waals surface area contributed by atoms with Gasteiger partial charge in [-0.25, -0.2) is 4.79 Å². The summed E-state index contributed by atoms with van der Waals surface area (Å²) in [6, 6.07) is 7.95. The van der Waals surface area contributed by atoms with E-state index in [1.165, 1.54) is 11.6 Å². The lowest BCUT2D eigenvalue weighted by Crippen LogP contribution is -2.51. The first-order valence-corrected chi connectivity index (χ1v) is 9.31. The molecule has 0 saturated heterocycles. The van der Waals surface area contributed by atoms with Crippen molar-refractivity contribution in [3.63, 3.8) is 0 Å². The smallest absolute Gasteiger partial charge is 0.410 e. The maximum Gasteiger partial charge on any atom is 0.410 e. The van der Waals surface area contributed by atoms with Gasteiger partial charge >= 0.3 is 6.09 Å². The van der Waals surface area contributed by atoms with Gasteiger partial charge in [0.15, 0.2) is 0 Å². The number of amides is 2. The van der Waals surface area contributed by atoms with Crippen molar-refractivity contribution in [2.24, 2.45) is 0 Å². The van der Waals surface area contributed by atoms with Gasteiger partial charge in [0.05, 0.1) is 6.04 Å². The number of carbonyl (C=O) groups excluding carboxylic acids is 2. The Morgan fingerprint density at radius 3 is 2.56 bits per heavy atom. The van der Waals surface area contributed by atoms with Crippen molar-refractivity contribution in [1.82, 2.24) is 15.1 Å². The summed E-state index contributed by atoms with van der Waals surface area (Å²) in [5.41, 5.74) is 1.77. The Kier molecular flexibility index (Phi) is 7.02. The van der Waals surface area contributed by atoms with Crippen molar-refractivity contribution in [2.45, 2.75) is 45.4 Å². The third kappa shape index (κ3) is 6.71. The Bertz CT molecular complexity index is 692. The van der Waals surface area contributed by atoms with Crippen LogP contribution in [0.15, 0.2) is 36.4 Å². The average Bonchev–Trinajstić information content (AvgIpc) is 2.57. The fraction of sp³-hybridized carbons (Fsp3) is 0.524. The minimum atomic E-state index is -0.559. The molecule has 2 rings (SSSR count). The van der Waals surface area contributed by atoms with Crippen molar-refractivity contribution in [2.75, 3.05) is 27.2 Å². The van der Waals surface area contributed by atoms with Crippen molar-refractivity contribution in [1.29, 1.82) is 0 Å². The molecule has 0 bridgehead atoms. The third-order valence-corrected chi connectivity index (χ3v) is 4.24. The first-order chi connectivity index (χ1) is 12.7. The van der Waals surface area contributed by atoms with Crippen molar-refractivity contribution >= 4 is 12.0 Å². The molecule has 0 aromatic heterocycles. The Labute approximate surface area is 162 Å². The van der Waals surface area contributed by atoms with Crippen LogP contribution >= 0.6 is 0 Å². The van der Waals surface area contributed by atoms with Gasteiger partial charge in [0, 0.05) is 25.7 Å². The largest absolute Gasteiger partial charge is 0.444 e. The molecule has 1 aliphatic heterocycles. The summed E-state index contributed by atoms with van der Waals surface area (Å²) in [7, 11) is 3.89. The molecule has 1 N–H and O–H groups in total. The lowest BCUT2D eigenvalue weighted by molar-refractivity contribution is -0.116. The highest BCUT2D eigenvalue weighted by Crippen LogP contribution is 2.25. The van der Waals surface area contributed by atoms with Gasteiger partial charge in [-0.1, -0.05) is 30.3 Å². The highest BCUT2D eigenvalue weighted by Gasteiger charge is 2.32. The molecule has 1 atom stereocenters. The third-order valence-electron chi connectivity index (χ3n) is 4.24. The Balaban J connectivity index is 2.07. The highest BCUT2D eigenvalue weighted by molar-refractivity contribution is 5.87. The average molecular weight is 373 g/mol. The van der Waals surface area contributed by atoms with Gasteiger partial charge in [0.25, 0.3) is 0 Å². The summed E-state index contributed by atoms with van der Waals surface area (Å²) in [6.07, 6.45) is 3.70. The van der Waals surface area contributed by atoms with Gasteiger partial charge in [-0.05, 0) is 52.4 Å². The zero-order valence-electron chi connectivity index (χ0n) is 17.0. The molecule has 1 aliphatic rings. The minimum Gasteiger partial charge on any atom is -0.444 e. The second-order valence-corrected chi connectivity index (χ2v) is 8.14. The quantitative estimate of drug-likeness (QED) is 0.806. The number of benzene rings is 1. The molecule has 0 aliphatic carbocycles. The number of likely N-dealkylation sites (N-methyl/N-ethyl adjacent to an activating group) is 1. The molecule has 1 aromatic rings. The molecule has 1 unspecified atom stereocenters. The lowest BCUT2D eigenvalue weighted by Gasteiger charge is -2.37. The monoisotopic (exact) mass is 373 g/mol. The highest BCUT2D eigenvalue weighted by atomic mass is 16.6. The standard InChI is InChI=1S/C21H31N3O3/c1-21(2,3)27-20(26)24-15-17-10-7-6-9-16(17)13-18(24)14-22-19(25)11-8-12-23(4)5/h6-11,18H,12-15H2,1-5H3,(H,22,25)/b11-8+. The van der Waals surface area contributed by atoms with Crippen LogP contribution < -0.4 is 5.32 Å². The minimum absolute atomic E-state index is 0.138. The van der Waals surface area contributed by atoms with E-state index in [-0.39, 0.29) is 18.0 Å². The predicted octanol–water partition coefficient (Wildman–Crippen LogP) is 2.58. The zero-order chi connectivity index (χ0) is 20.0. The fourth-order valence-corrected chi connectivity index (χ4v) is 2.95. The molecule has 27 heavy (non-hydrogen) atoms. The lowest BCUT2D eigenvalue weighted by atomic mass is 9.94. The molecule has 6 heteroatoms. The van der Waals surface area contributed by atoms with Crippen molar-refractivity contribution in [3.05, 3.63) is 47.5 Å².